The van der Waals surface area contributed by atoms with E-state index in [1.54, 1.807) is 12.7 Å². The molecule has 0 saturated carbocycles. The van der Waals surface area contributed by atoms with E-state index >= 15 is 0 Å². The number of aryl methyl sites for hydroxylation is 1. The number of rotatable bonds is 7. The number of allylic oxidation sites excluding steroid dienone is 1. The van der Waals surface area contributed by atoms with Gasteiger partial charge in [-0.15, -0.1) is 0 Å². The van der Waals surface area contributed by atoms with Crippen LogP contribution in [0.25, 0.3) is 0 Å². The molecule has 0 aliphatic rings. The zero-order valence-corrected chi connectivity index (χ0v) is 9.56. The molecule has 1 aromatic heterocycles. The lowest BCUT2D eigenvalue weighted by Crippen LogP contribution is -2.28. The number of hydrogen-bond donors (Lipinski definition) is 1. The predicted octanol–water partition coefficient (Wildman–Crippen LogP) is 1.61. The molecule has 15 heavy (non-hydrogen) atoms. The quantitative estimate of drug-likeness (QED) is 0.547. The Morgan fingerprint density at radius 1 is 1.53 bits per heavy atom. The highest BCUT2D eigenvalue weighted by atomic mass is 15.3. The lowest BCUT2D eigenvalue weighted by atomic mass is 10.2. The second-order valence-electron chi connectivity index (χ2n) is 3.66. The van der Waals surface area contributed by atoms with Crippen molar-refractivity contribution in [3.05, 3.63) is 24.8 Å². The summed E-state index contributed by atoms with van der Waals surface area (Å²) in [6, 6.07) is 0.527. The summed E-state index contributed by atoms with van der Waals surface area (Å²) >= 11 is 0. The molecule has 0 bridgehead atoms. The van der Waals surface area contributed by atoms with Gasteiger partial charge in [0, 0.05) is 12.6 Å². The highest BCUT2D eigenvalue weighted by molar-refractivity contribution is 4.78. The van der Waals surface area contributed by atoms with E-state index in [9.17, 15) is 0 Å². The van der Waals surface area contributed by atoms with Crippen molar-refractivity contribution in [3.63, 3.8) is 0 Å². The van der Waals surface area contributed by atoms with Gasteiger partial charge in [0.25, 0.3) is 0 Å². The normalized spacial score (nSPS) is 13.5. The molecule has 1 N–H and O–H groups in total. The van der Waals surface area contributed by atoms with Crippen molar-refractivity contribution < 1.29 is 0 Å². The van der Waals surface area contributed by atoms with Gasteiger partial charge >= 0.3 is 0 Å². The van der Waals surface area contributed by atoms with Gasteiger partial charge in [-0.25, -0.2) is 4.98 Å². The Hall–Kier alpha value is -1.16. The Morgan fingerprint density at radius 2 is 2.40 bits per heavy atom. The van der Waals surface area contributed by atoms with E-state index in [1.807, 2.05) is 11.6 Å². The summed E-state index contributed by atoms with van der Waals surface area (Å²) in [6.45, 7) is 6.22. The average molecular weight is 208 g/mol. The molecule has 1 atom stereocenters. The molecule has 1 unspecified atom stereocenters. The predicted molar refractivity (Wildman–Crippen MR) is 61.5 cm³/mol. The van der Waals surface area contributed by atoms with Crippen molar-refractivity contribution in [2.24, 2.45) is 0 Å². The second kappa shape index (κ2) is 7.17. The van der Waals surface area contributed by atoms with Crippen LogP contribution >= 0.6 is 0 Å². The minimum Gasteiger partial charge on any atom is -0.314 e. The van der Waals surface area contributed by atoms with E-state index in [4.69, 9.17) is 0 Å². The molecule has 0 saturated heterocycles. The van der Waals surface area contributed by atoms with Crippen LogP contribution in [0.1, 0.15) is 26.7 Å². The van der Waals surface area contributed by atoms with Gasteiger partial charge in [0.2, 0.25) is 0 Å². The molecule has 0 radical (unpaired) electrons. The molecule has 1 aromatic rings. The van der Waals surface area contributed by atoms with Crippen molar-refractivity contribution >= 4 is 0 Å². The van der Waals surface area contributed by atoms with E-state index in [2.05, 4.69) is 34.5 Å². The minimum absolute atomic E-state index is 0.527. The number of aromatic nitrogens is 3. The van der Waals surface area contributed by atoms with Crippen LogP contribution in [0.4, 0.5) is 0 Å². The maximum absolute atomic E-state index is 4.06. The molecule has 0 aromatic carbocycles. The molecule has 0 amide bonds. The Morgan fingerprint density at radius 3 is 3.07 bits per heavy atom. The Bertz CT molecular complexity index is 266. The number of nitrogens with zero attached hydrogens (tertiary/aromatic N) is 3. The van der Waals surface area contributed by atoms with Gasteiger partial charge in [-0.3, -0.25) is 4.68 Å². The monoisotopic (exact) mass is 208 g/mol. The first-order chi connectivity index (χ1) is 7.33. The van der Waals surface area contributed by atoms with E-state index < -0.39 is 0 Å². The van der Waals surface area contributed by atoms with Crippen molar-refractivity contribution in [2.75, 3.05) is 6.54 Å². The zero-order valence-electron chi connectivity index (χ0n) is 9.56. The van der Waals surface area contributed by atoms with Crippen molar-refractivity contribution in [2.45, 2.75) is 39.3 Å². The van der Waals surface area contributed by atoms with Gasteiger partial charge in [0.1, 0.15) is 12.7 Å². The fourth-order valence-electron chi connectivity index (χ4n) is 1.36. The fourth-order valence-corrected chi connectivity index (χ4v) is 1.36. The molecular weight excluding hydrogens is 188 g/mol. The summed E-state index contributed by atoms with van der Waals surface area (Å²) in [5, 5.41) is 7.53. The van der Waals surface area contributed by atoms with Crippen LogP contribution < -0.4 is 5.32 Å². The smallest absolute Gasteiger partial charge is 0.137 e. The lowest BCUT2D eigenvalue weighted by Gasteiger charge is -2.12. The van der Waals surface area contributed by atoms with Crippen molar-refractivity contribution in [1.82, 2.24) is 20.1 Å². The van der Waals surface area contributed by atoms with Gasteiger partial charge in [-0.1, -0.05) is 12.2 Å². The molecule has 1 rings (SSSR count). The second-order valence-corrected chi connectivity index (χ2v) is 3.66. The van der Waals surface area contributed by atoms with Crippen molar-refractivity contribution in [1.29, 1.82) is 0 Å². The van der Waals surface area contributed by atoms with Crippen LogP contribution in [0.2, 0.25) is 0 Å². The topological polar surface area (TPSA) is 42.7 Å². The minimum atomic E-state index is 0.527. The highest BCUT2D eigenvalue weighted by Gasteiger charge is 2.00. The maximum Gasteiger partial charge on any atom is 0.137 e. The summed E-state index contributed by atoms with van der Waals surface area (Å²) < 4.78 is 1.87. The van der Waals surface area contributed by atoms with Crippen molar-refractivity contribution in [3.8, 4) is 0 Å². The molecule has 84 valence electrons. The Balaban J connectivity index is 2.06. The summed E-state index contributed by atoms with van der Waals surface area (Å²) in [6.07, 6.45) is 9.78. The third-order valence-corrected chi connectivity index (χ3v) is 2.30. The summed E-state index contributed by atoms with van der Waals surface area (Å²) in [4.78, 5) is 3.91. The first-order valence-electron chi connectivity index (χ1n) is 5.50. The molecule has 0 fully saturated rings. The first-order valence-corrected chi connectivity index (χ1v) is 5.50. The summed E-state index contributed by atoms with van der Waals surface area (Å²) in [5.74, 6) is 0. The highest BCUT2D eigenvalue weighted by Crippen LogP contribution is 1.94. The van der Waals surface area contributed by atoms with Gasteiger partial charge in [0.05, 0.1) is 0 Å². The van der Waals surface area contributed by atoms with Gasteiger partial charge in [-0.2, -0.15) is 5.10 Å². The molecule has 4 heteroatoms. The fraction of sp³-hybridized carbons (Fsp3) is 0.636. The molecule has 0 spiro atoms. The van der Waals surface area contributed by atoms with Crippen LogP contribution in [0.15, 0.2) is 24.8 Å². The van der Waals surface area contributed by atoms with E-state index in [0.29, 0.717) is 6.04 Å². The maximum atomic E-state index is 4.06. The first kappa shape index (κ1) is 11.9. The molecule has 0 aliphatic heterocycles. The largest absolute Gasteiger partial charge is 0.314 e. The third-order valence-electron chi connectivity index (χ3n) is 2.30. The summed E-state index contributed by atoms with van der Waals surface area (Å²) in [7, 11) is 0. The summed E-state index contributed by atoms with van der Waals surface area (Å²) in [5.41, 5.74) is 0. The van der Waals surface area contributed by atoms with Gasteiger partial charge in [0.15, 0.2) is 0 Å². The lowest BCUT2D eigenvalue weighted by molar-refractivity contribution is 0.461. The van der Waals surface area contributed by atoms with E-state index in [0.717, 1.165) is 25.9 Å². The average Bonchev–Trinajstić information content (AvgIpc) is 2.74. The van der Waals surface area contributed by atoms with Gasteiger partial charge in [-0.05, 0) is 33.2 Å². The van der Waals surface area contributed by atoms with Crippen LogP contribution in [0.5, 0.6) is 0 Å². The van der Waals surface area contributed by atoms with Gasteiger partial charge < -0.3 is 5.32 Å². The van der Waals surface area contributed by atoms with Crippen LogP contribution in [0.3, 0.4) is 0 Å². The molecule has 0 aliphatic carbocycles. The van der Waals surface area contributed by atoms with E-state index in [1.165, 1.54) is 0 Å². The third kappa shape index (κ3) is 5.32. The Kier molecular flexibility index (Phi) is 5.70. The number of nitrogens with one attached hydrogen (secondary N) is 1. The van der Waals surface area contributed by atoms with Crippen LogP contribution in [0, 0.1) is 0 Å². The van der Waals surface area contributed by atoms with Crippen LogP contribution in [-0.4, -0.2) is 27.4 Å². The Labute approximate surface area is 91.4 Å². The SMILES string of the molecule is C/C=C/CCNC(C)CCn1cncn1. The zero-order chi connectivity index (χ0) is 10.9. The number of hydrogen-bond acceptors (Lipinski definition) is 3. The van der Waals surface area contributed by atoms with E-state index in [-0.39, 0.29) is 0 Å². The van der Waals surface area contributed by atoms with Crippen LogP contribution in [-0.2, 0) is 6.54 Å². The standard InChI is InChI=1S/C11H20N4/c1-3-4-5-7-13-11(2)6-8-15-10-12-9-14-15/h3-4,9-11,13H,5-8H2,1-2H3/b4-3+. The molecular formula is C11H20N4. The molecule has 1 heterocycles. The molecule has 4 nitrogen and oxygen atoms in total.